The molecule has 0 saturated heterocycles. The molecule has 0 amide bonds. The van der Waals surface area contributed by atoms with Crippen molar-refractivity contribution in [1.29, 1.82) is 0 Å². The van der Waals surface area contributed by atoms with Gasteiger partial charge in [-0.05, 0) is 0 Å². The quantitative estimate of drug-likeness (QED) is 0.323. The van der Waals surface area contributed by atoms with E-state index in [-0.39, 0.29) is 6.15 Å². The van der Waals surface area contributed by atoms with Crippen LogP contribution in [0.15, 0.2) is 5.34 Å². The average Bonchev–Trinajstić information content (AvgIpc) is 0.918. The van der Waals surface area contributed by atoms with Crippen LogP contribution < -0.4 is 0 Å². The molecule has 0 saturated carbocycles. The Hall–Kier alpha value is -0.691. The van der Waals surface area contributed by atoms with Crippen LogP contribution in [0.25, 0.3) is 0 Å². The van der Waals surface area contributed by atoms with Crippen LogP contribution in [0.2, 0.25) is 0 Å². The second kappa shape index (κ2) is 41.4. The van der Waals surface area contributed by atoms with E-state index >= 15 is 0 Å². The maximum atomic E-state index is 8.11. The van der Waals surface area contributed by atoms with Gasteiger partial charge in [0.05, 0.1) is 0 Å². The number of hydrogen-bond donors (Lipinski definition) is 1. The van der Waals surface area contributed by atoms with Crippen molar-refractivity contribution in [3.05, 3.63) is 4.91 Å². The Kier molecular flexibility index (Phi) is 107. The number of rotatable bonds is 0. The molecule has 3 nitrogen and oxygen atoms in total. The molecule has 0 spiro atoms. The van der Waals surface area contributed by atoms with Gasteiger partial charge in [-0.15, -0.1) is 4.91 Å². The molecule has 0 aliphatic carbocycles. The summed E-state index contributed by atoms with van der Waals surface area (Å²) in [6.45, 7) is 0. The van der Waals surface area contributed by atoms with Crippen molar-refractivity contribution >= 4 is 0 Å². The molecule has 0 radical (unpaired) electrons. The van der Waals surface area contributed by atoms with Crippen LogP contribution in [0.3, 0.4) is 0 Å². The fraction of sp³-hybridized carbons (Fsp3) is 0. The van der Waals surface area contributed by atoms with Gasteiger partial charge >= 0.3 is 0 Å². The van der Waals surface area contributed by atoms with Crippen LogP contribution in [-0.4, -0.2) is 5.21 Å². The van der Waals surface area contributed by atoms with E-state index < -0.39 is 0 Å². The molecule has 0 unspecified atom stereocenters. The van der Waals surface area contributed by atoms with Gasteiger partial charge in [0, 0.05) is 6.15 Å². The Bertz CT molecular complexity index is 13.5. The van der Waals surface area contributed by atoms with Gasteiger partial charge in [0.2, 0.25) is 0 Å². The molecule has 26 valence electrons. The fourth-order valence-electron chi connectivity index (χ4n) is 0. The molecule has 1 N–H and O–H groups in total. The minimum Gasteiger partial charge on any atom is -0.379 e. The van der Waals surface area contributed by atoms with E-state index in [2.05, 4.69) is 0 Å². The Morgan fingerprint density at radius 1 is 1.75 bits per heavy atom. The Morgan fingerprint density at radius 3 is 1.75 bits per heavy atom. The molecule has 4 heavy (non-hydrogen) atoms. The zero-order valence-electron chi connectivity index (χ0n) is 1.66. The van der Waals surface area contributed by atoms with Crippen LogP contribution >= 0.6 is 0 Å². The molecule has 4 heteroatoms. The molecule has 0 fully saturated rings. The number of nitrogens with zero attached hydrogens (tertiary/aromatic N) is 1. The molecule has 0 rings (SSSR count). The van der Waals surface area contributed by atoms with Crippen molar-refractivity contribution in [2.75, 3.05) is 0 Å². The molecule has 0 bridgehead atoms. The molecule has 0 aromatic heterocycles. The summed E-state index contributed by atoms with van der Waals surface area (Å²) in [5.41, 5.74) is 0. The zero-order valence-corrected chi connectivity index (χ0v) is 1.66. The van der Waals surface area contributed by atoms with Crippen molar-refractivity contribution in [1.82, 2.24) is 0 Å². The van der Waals surface area contributed by atoms with Crippen LogP contribution in [-0.2, 0) is 0 Å². The van der Waals surface area contributed by atoms with E-state index in [4.69, 9.17) is 10.1 Å². The largest absolute Gasteiger partial charge is 0.379 e. The monoisotopic (exact) mass is 67.0 g/mol. The first kappa shape index (κ1) is 10.3. The van der Waals surface area contributed by atoms with Gasteiger partial charge in [0.15, 0.2) is 5.34 Å². The molecule has 0 atom stereocenters. The summed E-state index contributed by atoms with van der Waals surface area (Å²) in [5, 5.41) is 7.89. The maximum Gasteiger partial charge on any atom is 0.152 e. The van der Waals surface area contributed by atoms with E-state index in [0.717, 1.165) is 0 Å². The minimum absolute atomic E-state index is 0. The smallest absolute Gasteiger partial charge is 0.152 e. The van der Waals surface area contributed by atoms with Crippen LogP contribution in [0.1, 0.15) is 0 Å². The molecule has 0 aromatic carbocycles. The second-order valence-electron chi connectivity index (χ2n) is 0.0816. The van der Waals surface area contributed by atoms with Crippen LogP contribution in [0, 0.1) is 11.1 Å². The van der Waals surface area contributed by atoms with E-state index in [9.17, 15) is 0 Å². The fourth-order valence-corrected chi connectivity index (χ4v) is 0. The molecular weight excluding hydrogens is 66.2 g/mol. The van der Waals surface area contributed by atoms with Crippen LogP contribution in [0.5, 0.6) is 0 Å². The SMILES string of the molecule is O=NO.[Ne]. The van der Waals surface area contributed by atoms with E-state index in [1.165, 1.54) is 5.34 Å². The third-order valence-electron chi connectivity index (χ3n) is 0. The van der Waals surface area contributed by atoms with Crippen molar-refractivity contribution in [3.8, 4) is 0 Å². The normalized spacial score (nSPS) is 3.00. The first-order valence-electron chi connectivity index (χ1n) is 0.383. The molecule has 0 heterocycles. The summed E-state index contributed by atoms with van der Waals surface area (Å²) in [7, 11) is 0. The first-order chi connectivity index (χ1) is 1.41. The van der Waals surface area contributed by atoms with Gasteiger partial charge in [0.25, 0.3) is 0 Å². The topological polar surface area (TPSA) is 49.7 Å². The van der Waals surface area contributed by atoms with E-state index in [0.29, 0.717) is 0 Å². The predicted molar refractivity (Wildman–Crippen MR) is 7.58 cm³/mol. The summed E-state index contributed by atoms with van der Waals surface area (Å²) in [5.74, 6) is 0. The molecular formula is HNNeO2. The molecule has 0 aromatic rings. The second-order valence-corrected chi connectivity index (χ2v) is 0.0816. The van der Waals surface area contributed by atoms with Gasteiger partial charge in [-0.25, -0.2) is 0 Å². The van der Waals surface area contributed by atoms with Crippen molar-refractivity contribution in [2.24, 2.45) is 5.34 Å². The molecule has 0 aliphatic rings. The maximum absolute atomic E-state index is 8.11. The summed E-state index contributed by atoms with van der Waals surface area (Å²) in [6, 6.07) is 0. The minimum atomic E-state index is 0. The van der Waals surface area contributed by atoms with Gasteiger partial charge in [-0.3, -0.25) is 0 Å². The summed E-state index contributed by atoms with van der Waals surface area (Å²) < 4.78 is 0. The summed E-state index contributed by atoms with van der Waals surface area (Å²) >= 11 is 0. The summed E-state index contributed by atoms with van der Waals surface area (Å²) in [4.78, 5) is 8.11. The van der Waals surface area contributed by atoms with Gasteiger partial charge < -0.3 is 5.21 Å². The summed E-state index contributed by atoms with van der Waals surface area (Å²) in [6.07, 6.45) is 0. The third-order valence-corrected chi connectivity index (χ3v) is 0. The van der Waals surface area contributed by atoms with Gasteiger partial charge in [0.1, 0.15) is 0 Å². The zero-order chi connectivity index (χ0) is 2.71. The number of hydrogen-bond acceptors (Lipinski definition) is 2. The third kappa shape index (κ3) is 0.262. The van der Waals surface area contributed by atoms with Crippen molar-refractivity contribution in [2.45, 2.75) is 0 Å². The standard InChI is InChI=1S/HNO2.Ne/c2-1-3;/h(H,2,3);. The van der Waals surface area contributed by atoms with E-state index in [1.54, 1.807) is 0 Å². The first-order valence-corrected chi connectivity index (χ1v) is 0.383. The van der Waals surface area contributed by atoms with Gasteiger partial charge in [-0.2, -0.15) is 0 Å². The van der Waals surface area contributed by atoms with Crippen LogP contribution in [0.4, 0.5) is 0 Å². The predicted octanol–water partition coefficient (Wildman–Crippen LogP) is 0.142. The van der Waals surface area contributed by atoms with Crippen molar-refractivity contribution in [3.63, 3.8) is 0 Å². The van der Waals surface area contributed by atoms with Gasteiger partial charge in [-0.1, -0.05) is 0 Å². The average molecular weight is 67.2 g/mol. The molecule has 0 aliphatic heterocycles. The van der Waals surface area contributed by atoms with E-state index in [1.807, 2.05) is 0 Å². The Labute approximate surface area is 23.0 Å². The van der Waals surface area contributed by atoms with Crippen molar-refractivity contribution < 1.29 is 11.4 Å². The Balaban J connectivity index is 0. The Morgan fingerprint density at radius 2 is 1.75 bits per heavy atom.